The lowest BCUT2D eigenvalue weighted by molar-refractivity contribution is 0.0972. The van der Waals surface area contributed by atoms with Crippen LogP contribution in [0.25, 0.3) is 10.8 Å². The lowest BCUT2D eigenvalue weighted by Crippen LogP contribution is -2.14. The first kappa shape index (κ1) is 15.3. The quantitative estimate of drug-likeness (QED) is 0.641. The zero-order valence-electron chi connectivity index (χ0n) is 13.2. The number of thiol groups is 1. The Morgan fingerprint density at radius 3 is 2.62 bits per heavy atom. The molecule has 0 saturated carbocycles. The third kappa shape index (κ3) is 2.40. The predicted molar refractivity (Wildman–Crippen MR) is 100 cm³/mol. The van der Waals surface area contributed by atoms with Crippen molar-refractivity contribution in [3.05, 3.63) is 76.9 Å². The fourth-order valence-electron chi connectivity index (χ4n) is 3.69. The van der Waals surface area contributed by atoms with Gasteiger partial charge in [0.05, 0.1) is 5.25 Å². The molecule has 3 aromatic carbocycles. The Morgan fingerprint density at radius 1 is 0.958 bits per heavy atom. The molecule has 0 radical (unpaired) electrons. The number of phenols is 1. The van der Waals surface area contributed by atoms with Gasteiger partial charge in [0.25, 0.3) is 0 Å². The minimum Gasteiger partial charge on any atom is -0.508 e. The van der Waals surface area contributed by atoms with E-state index in [-0.39, 0.29) is 16.8 Å². The van der Waals surface area contributed by atoms with Crippen LogP contribution >= 0.6 is 12.6 Å². The van der Waals surface area contributed by atoms with Crippen LogP contribution in [0.5, 0.6) is 5.75 Å². The van der Waals surface area contributed by atoms with Crippen molar-refractivity contribution in [1.82, 2.24) is 0 Å². The lowest BCUT2D eigenvalue weighted by atomic mass is 9.84. The Balaban J connectivity index is 1.93. The zero-order valence-corrected chi connectivity index (χ0v) is 14.1. The van der Waals surface area contributed by atoms with Crippen molar-refractivity contribution in [2.45, 2.75) is 24.5 Å². The predicted octanol–water partition coefficient (Wildman–Crippen LogP) is 5.08. The number of carbonyl (C=O) groups is 1. The molecule has 3 aromatic rings. The van der Waals surface area contributed by atoms with Gasteiger partial charge in [0.15, 0.2) is 5.78 Å². The van der Waals surface area contributed by atoms with E-state index in [9.17, 15) is 9.90 Å². The fraction of sp³-hybridized carbons (Fsp3) is 0.190. The van der Waals surface area contributed by atoms with E-state index in [0.29, 0.717) is 6.42 Å². The highest BCUT2D eigenvalue weighted by Crippen LogP contribution is 2.42. The minimum atomic E-state index is -0.267. The summed E-state index contributed by atoms with van der Waals surface area (Å²) < 4.78 is 0. The van der Waals surface area contributed by atoms with Crippen LogP contribution in [0.1, 0.15) is 45.1 Å². The maximum Gasteiger partial charge on any atom is 0.163 e. The number of aromatic hydroxyl groups is 1. The summed E-state index contributed by atoms with van der Waals surface area (Å²) in [4.78, 5) is 12.2. The number of phenolic OH excluding ortho intramolecular Hbond substituents is 1. The third-order valence-corrected chi connectivity index (χ3v) is 5.39. The third-order valence-electron chi connectivity index (χ3n) is 4.86. The molecule has 1 aliphatic rings. The van der Waals surface area contributed by atoms with Crippen molar-refractivity contribution in [1.29, 1.82) is 0 Å². The van der Waals surface area contributed by atoms with Gasteiger partial charge in [0, 0.05) is 17.5 Å². The highest BCUT2D eigenvalue weighted by atomic mass is 32.1. The maximum atomic E-state index is 12.2. The number of ketones is 1. The van der Waals surface area contributed by atoms with E-state index < -0.39 is 0 Å². The molecule has 3 heteroatoms. The molecule has 0 aliphatic heterocycles. The molecule has 0 bridgehead atoms. The van der Waals surface area contributed by atoms with Crippen molar-refractivity contribution in [3.8, 4) is 5.75 Å². The summed E-state index contributed by atoms with van der Waals surface area (Å²) >= 11 is 4.85. The van der Waals surface area contributed by atoms with Crippen LogP contribution in [-0.4, -0.2) is 10.9 Å². The summed E-state index contributed by atoms with van der Waals surface area (Å²) in [6.45, 7) is 0. The standard InChI is InChI=1S/C21H18O2S/c22-18-10-4-8-16-15(18)11-12-19(23)20(16)21(24)17-9-3-6-13-5-1-2-7-14(13)17/h1-3,5-7,9,11-12,21,23-24H,4,8,10H2. The van der Waals surface area contributed by atoms with Gasteiger partial charge in [-0.3, -0.25) is 4.79 Å². The molecular formula is C21H18O2S. The summed E-state index contributed by atoms with van der Waals surface area (Å²) in [5.74, 6) is 0.382. The molecule has 2 nitrogen and oxygen atoms in total. The molecule has 1 atom stereocenters. The first-order valence-electron chi connectivity index (χ1n) is 8.20. The second-order valence-corrected chi connectivity index (χ2v) is 6.79. The number of carbonyl (C=O) groups excluding carboxylic acids is 1. The number of rotatable bonds is 2. The van der Waals surface area contributed by atoms with E-state index in [1.165, 1.54) is 0 Å². The SMILES string of the molecule is O=C1CCCc2c1ccc(O)c2C(S)c1cccc2ccccc12. The topological polar surface area (TPSA) is 37.3 Å². The van der Waals surface area contributed by atoms with E-state index in [1.54, 1.807) is 12.1 Å². The summed E-state index contributed by atoms with van der Waals surface area (Å²) in [5, 5.41) is 12.5. The molecule has 1 N–H and O–H groups in total. The number of benzene rings is 3. The highest BCUT2D eigenvalue weighted by molar-refractivity contribution is 7.80. The Labute approximate surface area is 146 Å². The van der Waals surface area contributed by atoms with Gasteiger partial charge in [0.1, 0.15) is 5.75 Å². The van der Waals surface area contributed by atoms with E-state index >= 15 is 0 Å². The van der Waals surface area contributed by atoms with Crippen molar-refractivity contribution in [2.75, 3.05) is 0 Å². The van der Waals surface area contributed by atoms with Gasteiger partial charge in [0.2, 0.25) is 0 Å². The number of Topliss-reactive ketones (excluding diaryl/α,β-unsaturated/α-hetero) is 1. The first-order valence-corrected chi connectivity index (χ1v) is 8.72. The molecule has 1 aliphatic carbocycles. The normalized spacial score (nSPS) is 15.3. The molecule has 24 heavy (non-hydrogen) atoms. The molecule has 0 spiro atoms. The van der Waals surface area contributed by atoms with Gasteiger partial charge in [-0.25, -0.2) is 0 Å². The monoisotopic (exact) mass is 334 g/mol. The van der Waals surface area contributed by atoms with Crippen LogP contribution < -0.4 is 0 Å². The number of hydrogen-bond acceptors (Lipinski definition) is 3. The number of hydrogen-bond donors (Lipinski definition) is 2. The minimum absolute atomic E-state index is 0.163. The summed E-state index contributed by atoms with van der Waals surface area (Å²) in [5.41, 5.74) is 3.53. The average Bonchev–Trinajstić information content (AvgIpc) is 2.61. The van der Waals surface area contributed by atoms with Gasteiger partial charge in [-0.1, -0.05) is 42.5 Å². The average molecular weight is 334 g/mol. The van der Waals surface area contributed by atoms with Gasteiger partial charge in [-0.05, 0) is 46.9 Å². The van der Waals surface area contributed by atoms with Crippen molar-refractivity contribution < 1.29 is 9.90 Å². The summed E-state index contributed by atoms with van der Waals surface area (Å²) in [7, 11) is 0. The molecule has 120 valence electrons. The van der Waals surface area contributed by atoms with Crippen molar-refractivity contribution in [3.63, 3.8) is 0 Å². The fourth-order valence-corrected chi connectivity index (χ4v) is 4.21. The Kier molecular flexibility index (Phi) is 3.81. The van der Waals surface area contributed by atoms with Gasteiger partial charge in [-0.2, -0.15) is 12.6 Å². The number of fused-ring (bicyclic) bond motifs is 2. The van der Waals surface area contributed by atoms with Crippen LogP contribution in [-0.2, 0) is 6.42 Å². The highest BCUT2D eigenvalue weighted by Gasteiger charge is 2.26. The molecule has 0 aromatic heterocycles. The van der Waals surface area contributed by atoms with Gasteiger partial charge < -0.3 is 5.11 Å². The smallest absolute Gasteiger partial charge is 0.163 e. The van der Waals surface area contributed by atoms with Crippen LogP contribution in [0.4, 0.5) is 0 Å². The van der Waals surface area contributed by atoms with Crippen LogP contribution in [0.15, 0.2) is 54.6 Å². The molecular weight excluding hydrogens is 316 g/mol. The Bertz CT molecular complexity index is 940. The van der Waals surface area contributed by atoms with E-state index in [2.05, 4.69) is 18.2 Å². The Hall–Kier alpha value is -2.26. The van der Waals surface area contributed by atoms with E-state index in [0.717, 1.165) is 45.9 Å². The molecule has 0 amide bonds. The lowest BCUT2D eigenvalue weighted by Gasteiger charge is -2.24. The molecule has 0 fully saturated rings. The molecule has 1 unspecified atom stereocenters. The molecule has 0 saturated heterocycles. The summed E-state index contributed by atoms with van der Waals surface area (Å²) in [6.07, 6.45) is 2.23. The van der Waals surface area contributed by atoms with Crippen LogP contribution in [0, 0.1) is 0 Å². The van der Waals surface area contributed by atoms with Gasteiger partial charge >= 0.3 is 0 Å². The summed E-state index contributed by atoms with van der Waals surface area (Å²) in [6, 6.07) is 17.7. The van der Waals surface area contributed by atoms with Crippen molar-refractivity contribution >= 4 is 29.2 Å². The maximum absolute atomic E-state index is 12.2. The Morgan fingerprint density at radius 2 is 1.75 bits per heavy atom. The largest absolute Gasteiger partial charge is 0.508 e. The van der Waals surface area contributed by atoms with E-state index in [4.69, 9.17) is 12.6 Å². The second-order valence-electron chi connectivity index (χ2n) is 6.27. The molecule has 0 heterocycles. The van der Waals surface area contributed by atoms with E-state index in [1.807, 2.05) is 24.3 Å². The van der Waals surface area contributed by atoms with Crippen molar-refractivity contribution in [2.24, 2.45) is 0 Å². The second kappa shape index (κ2) is 5.99. The first-order chi connectivity index (χ1) is 11.7. The van der Waals surface area contributed by atoms with Gasteiger partial charge in [-0.15, -0.1) is 0 Å². The molecule has 4 rings (SSSR count). The van der Waals surface area contributed by atoms with Crippen LogP contribution in [0.3, 0.4) is 0 Å². The van der Waals surface area contributed by atoms with Crippen LogP contribution in [0.2, 0.25) is 0 Å². The zero-order chi connectivity index (χ0) is 16.7.